The van der Waals surface area contributed by atoms with Crippen LogP contribution < -0.4 is 15.0 Å². The van der Waals surface area contributed by atoms with E-state index in [0.29, 0.717) is 18.7 Å². The van der Waals surface area contributed by atoms with Gasteiger partial charge >= 0.3 is 12.0 Å². The van der Waals surface area contributed by atoms with E-state index in [9.17, 15) is 23.3 Å². The number of piperazine rings is 1. The predicted molar refractivity (Wildman–Crippen MR) is 98.8 cm³/mol. The number of nitrogens with one attached hydrogen (secondary N) is 1. The Balaban J connectivity index is 1.78. The third-order valence-corrected chi connectivity index (χ3v) is 4.38. The van der Waals surface area contributed by atoms with Crippen LogP contribution in [0.25, 0.3) is 0 Å². The summed E-state index contributed by atoms with van der Waals surface area (Å²) in [6.45, 7) is 2.69. The molecule has 1 aliphatic rings. The maximum absolute atomic E-state index is 12.4. The Morgan fingerprint density at radius 3 is 2.62 bits per heavy atom. The number of likely N-dealkylation sites (N-methyl/N-ethyl adjacent to an activating group) is 1. The lowest BCUT2D eigenvalue weighted by Gasteiger charge is -2.32. The zero-order chi connectivity index (χ0) is 21.0. The fourth-order valence-electron chi connectivity index (χ4n) is 2.95. The van der Waals surface area contributed by atoms with E-state index < -0.39 is 11.3 Å². The summed E-state index contributed by atoms with van der Waals surface area (Å²) in [5.74, 6) is -0.150. The van der Waals surface area contributed by atoms with Crippen LogP contribution in [0.2, 0.25) is 0 Å². The van der Waals surface area contributed by atoms with E-state index >= 15 is 0 Å². The molecule has 1 N–H and O–H groups in total. The molecule has 0 saturated carbocycles. The van der Waals surface area contributed by atoms with Crippen LogP contribution in [-0.2, 0) is 6.54 Å². The van der Waals surface area contributed by atoms with Crippen LogP contribution in [0.5, 0.6) is 5.75 Å². The first-order valence-corrected chi connectivity index (χ1v) is 8.74. The summed E-state index contributed by atoms with van der Waals surface area (Å²) in [7, 11) is 1.97. The lowest BCUT2D eigenvalue weighted by Crippen LogP contribution is -2.45. The molecule has 0 unspecified atom stereocenters. The molecule has 0 bridgehead atoms. The van der Waals surface area contributed by atoms with E-state index in [1.54, 1.807) is 6.07 Å². The van der Waals surface area contributed by atoms with Crippen LogP contribution in [0.15, 0.2) is 30.6 Å². The Hall–Kier alpha value is -3.15. The SMILES string of the molecule is CN1CCN(c2ncnc(NCc3cccc(OC(F)(F)F)c3)c2[N+](=O)[O-])CC1. The highest BCUT2D eigenvalue weighted by Crippen LogP contribution is 2.32. The predicted octanol–water partition coefficient (Wildman–Crippen LogP) is 2.65. The first kappa shape index (κ1) is 20.6. The number of nitro groups is 1. The minimum atomic E-state index is -4.80. The molecule has 9 nitrogen and oxygen atoms in total. The third kappa shape index (κ3) is 5.44. The van der Waals surface area contributed by atoms with Gasteiger partial charge in [-0.15, -0.1) is 13.2 Å². The average Bonchev–Trinajstić information content (AvgIpc) is 2.65. The van der Waals surface area contributed by atoms with Gasteiger partial charge in [-0.3, -0.25) is 10.1 Å². The van der Waals surface area contributed by atoms with Gasteiger partial charge in [0.15, 0.2) is 0 Å². The number of halogens is 3. The van der Waals surface area contributed by atoms with E-state index in [2.05, 4.69) is 24.9 Å². The molecule has 0 atom stereocenters. The van der Waals surface area contributed by atoms with Gasteiger partial charge in [0.05, 0.1) is 4.92 Å². The molecule has 1 aromatic carbocycles. The van der Waals surface area contributed by atoms with Gasteiger partial charge in [-0.2, -0.15) is 0 Å². The summed E-state index contributed by atoms with van der Waals surface area (Å²) < 4.78 is 41.0. The monoisotopic (exact) mass is 412 g/mol. The second-order valence-corrected chi connectivity index (χ2v) is 6.49. The van der Waals surface area contributed by atoms with E-state index in [1.807, 2.05) is 11.9 Å². The first-order valence-electron chi connectivity index (χ1n) is 8.74. The number of aromatic nitrogens is 2. The molecule has 0 aliphatic carbocycles. The number of alkyl halides is 3. The van der Waals surface area contributed by atoms with Gasteiger partial charge in [0.25, 0.3) is 0 Å². The van der Waals surface area contributed by atoms with Crippen molar-refractivity contribution in [2.75, 3.05) is 43.4 Å². The normalized spacial score (nSPS) is 15.2. The van der Waals surface area contributed by atoms with Crippen LogP contribution >= 0.6 is 0 Å². The van der Waals surface area contributed by atoms with Crippen LogP contribution in [0.4, 0.5) is 30.5 Å². The van der Waals surface area contributed by atoms with Crippen molar-refractivity contribution < 1.29 is 22.8 Å². The summed E-state index contributed by atoms with van der Waals surface area (Å²) in [4.78, 5) is 23.1. The second kappa shape index (κ2) is 8.47. The Morgan fingerprint density at radius 2 is 1.97 bits per heavy atom. The van der Waals surface area contributed by atoms with E-state index in [0.717, 1.165) is 13.1 Å². The summed E-state index contributed by atoms with van der Waals surface area (Å²) >= 11 is 0. The molecule has 0 amide bonds. The minimum absolute atomic E-state index is 0.000992. The molecule has 12 heteroatoms. The maximum Gasteiger partial charge on any atom is 0.573 e. The van der Waals surface area contributed by atoms with Gasteiger partial charge in [-0.05, 0) is 24.7 Å². The van der Waals surface area contributed by atoms with Crippen molar-refractivity contribution in [2.24, 2.45) is 0 Å². The highest BCUT2D eigenvalue weighted by Gasteiger charge is 2.31. The molecule has 0 spiro atoms. The fraction of sp³-hybridized carbons (Fsp3) is 0.412. The fourth-order valence-corrected chi connectivity index (χ4v) is 2.95. The molecular formula is C17H19F3N6O3. The highest BCUT2D eigenvalue weighted by molar-refractivity contribution is 5.70. The summed E-state index contributed by atoms with van der Waals surface area (Å²) in [5.41, 5.74) is 0.181. The molecule has 1 saturated heterocycles. The van der Waals surface area contributed by atoms with Crippen LogP contribution in [0.3, 0.4) is 0 Å². The molecule has 3 rings (SSSR count). The smallest absolute Gasteiger partial charge is 0.406 e. The quantitative estimate of drug-likeness (QED) is 0.571. The molecular weight excluding hydrogens is 393 g/mol. The summed E-state index contributed by atoms with van der Waals surface area (Å²) in [6, 6.07) is 5.36. The molecule has 0 radical (unpaired) electrons. The van der Waals surface area contributed by atoms with Crippen LogP contribution in [0, 0.1) is 10.1 Å². The number of hydrogen-bond acceptors (Lipinski definition) is 8. The van der Waals surface area contributed by atoms with E-state index in [1.165, 1.54) is 24.5 Å². The number of hydrogen-bond donors (Lipinski definition) is 1. The van der Waals surface area contributed by atoms with Gasteiger partial charge in [0.1, 0.15) is 12.1 Å². The Morgan fingerprint density at radius 1 is 1.24 bits per heavy atom. The van der Waals surface area contributed by atoms with Gasteiger partial charge in [-0.1, -0.05) is 12.1 Å². The molecule has 156 valence electrons. The molecule has 2 heterocycles. The van der Waals surface area contributed by atoms with Crippen molar-refractivity contribution in [3.8, 4) is 5.75 Å². The van der Waals surface area contributed by atoms with Crippen molar-refractivity contribution in [1.82, 2.24) is 14.9 Å². The topological polar surface area (TPSA) is 96.7 Å². The number of nitrogens with zero attached hydrogens (tertiary/aromatic N) is 5. The average molecular weight is 412 g/mol. The van der Waals surface area contributed by atoms with Crippen molar-refractivity contribution >= 4 is 17.3 Å². The van der Waals surface area contributed by atoms with E-state index in [4.69, 9.17) is 0 Å². The minimum Gasteiger partial charge on any atom is -0.406 e. The van der Waals surface area contributed by atoms with Crippen molar-refractivity contribution in [3.05, 3.63) is 46.3 Å². The number of benzene rings is 1. The van der Waals surface area contributed by atoms with Crippen molar-refractivity contribution in [1.29, 1.82) is 0 Å². The molecule has 1 aliphatic heterocycles. The lowest BCUT2D eigenvalue weighted by atomic mass is 10.2. The molecule has 29 heavy (non-hydrogen) atoms. The van der Waals surface area contributed by atoms with Crippen molar-refractivity contribution in [2.45, 2.75) is 12.9 Å². The number of rotatable bonds is 6. The van der Waals surface area contributed by atoms with Gasteiger partial charge in [0, 0.05) is 32.7 Å². The van der Waals surface area contributed by atoms with Crippen LogP contribution in [0.1, 0.15) is 5.56 Å². The Labute approximate surface area is 164 Å². The third-order valence-electron chi connectivity index (χ3n) is 4.38. The lowest BCUT2D eigenvalue weighted by molar-refractivity contribution is -0.383. The second-order valence-electron chi connectivity index (χ2n) is 6.49. The van der Waals surface area contributed by atoms with Crippen molar-refractivity contribution in [3.63, 3.8) is 0 Å². The largest absolute Gasteiger partial charge is 0.573 e. The number of anilines is 2. The summed E-state index contributed by atoms with van der Waals surface area (Å²) in [5, 5.41) is 14.5. The highest BCUT2D eigenvalue weighted by atomic mass is 19.4. The molecule has 2 aromatic rings. The standard InChI is InChI=1S/C17H19F3N6O3/c1-24-5-7-25(8-6-24)16-14(26(27)28)15(22-11-23-16)21-10-12-3-2-4-13(9-12)29-17(18,19)20/h2-4,9,11H,5-8,10H2,1H3,(H,21,22,23). The Kier molecular flexibility index (Phi) is 6.01. The van der Waals surface area contributed by atoms with E-state index in [-0.39, 0.29) is 29.6 Å². The van der Waals surface area contributed by atoms with Crippen LogP contribution in [-0.4, -0.2) is 59.4 Å². The van der Waals surface area contributed by atoms with Gasteiger partial charge < -0.3 is 19.9 Å². The van der Waals surface area contributed by atoms with Gasteiger partial charge in [0.2, 0.25) is 11.6 Å². The number of ether oxygens (including phenoxy) is 1. The molecule has 1 fully saturated rings. The molecule has 1 aromatic heterocycles. The summed E-state index contributed by atoms with van der Waals surface area (Å²) in [6.07, 6.45) is -3.57. The maximum atomic E-state index is 12.4. The zero-order valence-corrected chi connectivity index (χ0v) is 15.5. The Bertz CT molecular complexity index is 872. The first-order chi connectivity index (χ1) is 13.7. The zero-order valence-electron chi connectivity index (χ0n) is 15.5. The van der Waals surface area contributed by atoms with Gasteiger partial charge in [-0.25, -0.2) is 9.97 Å².